The molecule has 3 heterocycles. The fraction of sp³-hybridized carbons (Fsp3) is 0.517. The van der Waals surface area contributed by atoms with E-state index in [0.29, 0.717) is 66.0 Å². The lowest BCUT2D eigenvalue weighted by atomic mass is 9.81. The SMILES string of the molecule is NC(=O)[C@@H]1CSCC(=O)N[C@@H](CCCCNC(=O)C2CCC(Cn3c(O)cc(SCCNC(=O)c4ccc(CF)cc4)c3O)CC2)C(=O)N[C@H]2CSSC[C@H](NC(=O)[C@H](CC(=O)O)NC(=O)CNC(=O)[C@H](CCCN=C(N)N)NC2=O)C(=O)N[C@@H](Cc2ccccc2)C(=O)N1. The van der Waals surface area contributed by atoms with Gasteiger partial charge in [-0.25, -0.2) is 4.39 Å². The van der Waals surface area contributed by atoms with Crippen LogP contribution in [0.25, 0.3) is 0 Å². The second-order valence-electron chi connectivity index (χ2n) is 22.7. The number of primary amides is 1. The van der Waals surface area contributed by atoms with Crippen LogP contribution in [0.4, 0.5) is 4.39 Å². The summed E-state index contributed by atoms with van der Waals surface area (Å²) in [5.74, 6) is -12.1. The Bertz CT molecular complexity index is 3210. The van der Waals surface area contributed by atoms with Crippen molar-refractivity contribution in [2.75, 3.05) is 54.9 Å². The Hall–Kier alpha value is -8.44. The summed E-state index contributed by atoms with van der Waals surface area (Å²) in [5, 5.41) is 57.6. The number of unbranched alkanes of at least 4 members (excludes halogenated alkanes) is 1. The third kappa shape index (κ3) is 25.3. The Morgan fingerprint density at radius 2 is 1.28 bits per heavy atom. The van der Waals surface area contributed by atoms with Crippen molar-refractivity contribution in [1.82, 2.24) is 57.7 Å². The topological polar surface area (TPSA) is 481 Å². The number of carbonyl (C=O) groups excluding carboxylic acids is 11. The van der Waals surface area contributed by atoms with Crippen LogP contribution in [0.15, 0.2) is 70.6 Å². The highest BCUT2D eigenvalue weighted by molar-refractivity contribution is 8.76. The number of carbonyl (C=O) groups is 12. The Kier molecular flexibility index (Phi) is 30.9. The molecule has 35 heteroatoms. The molecule has 518 valence electrons. The molecular weight excluding hydrogens is 1320 g/mol. The largest absolute Gasteiger partial charge is 0.494 e. The minimum atomic E-state index is -1.81. The number of nitrogens with zero attached hydrogens (tertiary/aromatic N) is 2. The van der Waals surface area contributed by atoms with Gasteiger partial charge in [-0.2, -0.15) is 0 Å². The standard InChI is InChI=1S/C60H82FN15O15S4/c61-26-34-11-15-36(16-12-34)52(84)66-21-22-93-45-25-48(79)76(59(45)91)28-35-13-17-37(18-14-35)51(83)65-19-5-4-9-39-54(86)74-43-30-94-95-31-44(58(90)72-40(23-33-7-2-1-3-8-33)55(87)73-42(50(62)82)29-92-32-47(78)69-39)75-56(88)41(24-49(80)81)70-46(77)27-68-53(85)38(71-57(43)89)10-6-20-67-60(63)64/h1-3,7-8,11-12,15-16,25,35,37-44,79,91H,4-6,9-10,13-14,17-24,26-32H2,(H2,62,82)(H,65,83)(H,66,84)(H,68,85)(H,69,78)(H,70,77)(H,71,89)(H,72,90)(H,73,87)(H,74,86)(H,75,88)(H,80,81)(H4,63,64,67)/t35?,37?,38-,39-,40-,41-,42-,43-,44-/m0/s1. The number of nitrogens with two attached hydrogens (primary N) is 3. The highest BCUT2D eigenvalue weighted by Gasteiger charge is 2.36. The van der Waals surface area contributed by atoms with Gasteiger partial charge in [0, 0.05) is 73.2 Å². The zero-order valence-corrected chi connectivity index (χ0v) is 55.2. The quantitative estimate of drug-likeness (QED) is 0.0176. The molecule has 1 aromatic heterocycles. The highest BCUT2D eigenvalue weighted by Crippen LogP contribution is 2.38. The summed E-state index contributed by atoms with van der Waals surface area (Å²) in [7, 11) is 1.84. The lowest BCUT2D eigenvalue weighted by Gasteiger charge is -2.28. The van der Waals surface area contributed by atoms with Crippen molar-refractivity contribution in [1.29, 1.82) is 0 Å². The lowest BCUT2D eigenvalue weighted by Crippen LogP contribution is -2.59. The van der Waals surface area contributed by atoms with E-state index in [9.17, 15) is 77.2 Å². The number of nitrogens with one attached hydrogen (secondary N) is 10. The number of benzene rings is 2. The third-order valence-electron chi connectivity index (χ3n) is 15.5. The first kappa shape index (κ1) is 75.6. The Balaban J connectivity index is 1.14. The maximum Gasteiger partial charge on any atom is 0.305 e. The van der Waals surface area contributed by atoms with Crippen molar-refractivity contribution in [2.45, 2.75) is 131 Å². The molecule has 0 unspecified atom stereocenters. The minimum absolute atomic E-state index is 0.00849. The fourth-order valence-corrected chi connectivity index (χ4v) is 14.4. The number of aliphatic imine (C=N–C) groups is 1. The molecule has 6 rings (SSSR count). The van der Waals surface area contributed by atoms with E-state index in [0.717, 1.165) is 33.3 Å². The first-order valence-corrected chi connectivity index (χ1v) is 35.4. The van der Waals surface area contributed by atoms with Crippen LogP contribution < -0.4 is 70.4 Å². The number of aromatic hydroxyl groups is 2. The first-order valence-electron chi connectivity index (χ1n) is 30.7. The van der Waals surface area contributed by atoms with Crippen molar-refractivity contribution < 1.29 is 77.2 Å². The number of halogens is 1. The number of amides is 11. The molecule has 3 fully saturated rings. The van der Waals surface area contributed by atoms with Crippen LogP contribution in [0.2, 0.25) is 0 Å². The van der Waals surface area contributed by atoms with Crippen LogP contribution >= 0.6 is 45.1 Å². The molecule has 7 atom stereocenters. The summed E-state index contributed by atoms with van der Waals surface area (Å²) in [6.45, 7) is -0.723. The molecule has 95 heavy (non-hydrogen) atoms. The van der Waals surface area contributed by atoms with Gasteiger partial charge in [0.2, 0.25) is 65.0 Å². The number of guanidine groups is 1. The maximum atomic E-state index is 14.5. The second-order valence-corrected chi connectivity index (χ2v) is 27.4. The summed E-state index contributed by atoms with van der Waals surface area (Å²) in [6.07, 6.45) is 1.68. The number of fused-ring (bicyclic) bond motifs is 5. The molecule has 1 saturated carbocycles. The zero-order chi connectivity index (χ0) is 69.0. The number of aliphatic carboxylic acids is 1. The minimum Gasteiger partial charge on any atom is -0.494 e. The van der Waals surface area contributed by atoms with Gasteiger partial charge < -0.3 is 85.7 Å². The number of aromatic nitrogens is 1. The van der Waals surface area contributed by atoms with Gasteiger partial charge in [-0.1, -0.05) is 64.1 Å². The van der Waals surface area contributed by atoms with Gasteiger partial charge in [0.25, 0.3) is 5.91 Å². The average molecular weight is 1400 g/mol. The summed E-state index contributed by atoms with van der Waals surface area (Å²) < 4.78 is 14.3. The number of rotatable bonds is 23. The third-order valence-corrected chi connectivity index (χ3v) is 20.0. The number of thioether (sulfide) groups is 2. The predicted molar refractivity (Wildman–Crippen MR) is 355 cm³/mol. The van der Waals surface area contributed by atoms with E-state index in [-0.39, 0.29) is 116 Å². The molecule has 11 amide bonds. The Labute approximate surface area is 563 Å². The summed E-state index contributed by atoms with van der Waals surface area (Å²) in [4.78, 5) is 168. The number of hydrogen-bond acceptors (Lipinski definition) is 19. The van der Waals surface area contributed by atoms with Crippen molar-refractivity contribution in [3.8, 4) is 11.8 Å². The monoisotopic (exact) mass is 1400 g/mol. The Morgan fingerprint density at radius 3 is 1.93 bits per heavy atom. The van der Waals surface area contributed by atoms with E-state index < -0.39 is 121 Å². The van der Waals surface area contributed by atoms with Gasteiger partial charge in [0.1, 0.15) is 49.0 Å². The number of carboxylic acid groups (broad SMARTS) is 1. The molecular formula is C60H82FN15O15S4. The molecule has 3 aromatic rings. The molecule has 2 aromatic carbocycles. The molecule has 2 saturated heterocycles. The van der Waals surface area contributed by atoms with Crippen LogP contribution in [0.3, 0.4) is 0 Å². The molecule has 2 aliphatic heterocycles. The molecule has 19 N–H and O–H groups in total. The molecule has 2 bridgehead atoms. The first-order chi connectivity index (χ1) is 45.5. The molecule has 0 radical (unpaired) electrons. The maximum absolute atomic E-state index is 14.5. The van der Waals surface area contributed by atoms with Crippen LogP contribution in [0.5, 0.6) is 11.8 Å². The van der Waals surface area contributed by atoms with Crippen LogP contribution in [-0.4, -0.2) is 194 Å². The molecule has 3 aliphatic rings. The van der Waals surface area contributed by atoms with Gasteiger partial charge in [-0.3, -0.25) is 67.1 Å². The van der Waals surface area contributed by atoms with Gasteiger partial charge in [0.05, 0.1) is 23.6 Å². The van der Waals surface area contributed by atoms with Gasteiger partial charge in [-0.15, -0.1) is 23.5 Å². The summed E-state index contributed by atoms with van der Waals surface area (Å²) >= 11 is 2.13. The van der Waals surface area contributed by atoms with Gasteiger partial charge in [0.15, 0.2) is 11.8 Å². The van der Waals surface area contributed by atoms with Crippen molar-refractivity contribution >= 4 is 122 Å². The normalized spacial score (nSPS) is 23.2. The smallest absolute Gasteiger partial charge is 0.305 e. The highest BCUT2D eigenvalue weighted by atomic mass is 33.1. The van der Waals surface area contributed by atoms with E-state index in [1.54, 1.807) is 30.3 Å². The van der Waals surface area contributed by atoms with Crippen molar-refractivity contribution in [3.63, 3.8) is 0 Å². The van der Waals surface area contributed by atoms with E-state index >= 15 is 0 Å². The van der Waals surface area contributed by atoms with Crippen LogP contribution in [0.1, 0.15) is 85.7 Å². The van der Waals surface area contributed by atoms with E-state index in [1.807, 2.05) is 0 Å². The van der Waals surface area contributed by atoms with Gasteiger partial charge >= 0.3 is 5.97 Å². The van der Waals surface area contributed by atoms with Gasteiger partial charge in [-0.05, 0) is 87.0 Å². The second kappa shape index (κ2) is 38.8. The van der Waals surface area contributed by atoms with Crippen LogP contribution in [-0.2, 0) is 72.4 Å². The lowest BCUT2D eigenvalue weighted by molar-refractivity contribution is -0.141. The number of carboxylic acids is 1. The molecule has 1 aliphatic carbocycles. The predicted octanol–water partition coefficient (Wildman–Crippen LogP) is -1.11. The zero-order valence-electron chi connectivity index (χ0n) is 51.9. The number of hydrogen-bond donors (Lipinski definition) is 16. The number of alkyl halides is 1. The van der Waals surface area contributed by atoms with Crippen LogP contribution in [0, 0.1) is 11.8 Å². The van der Waals surface area contributed by atoms with E-state index in [1.165, 1.54) is 46.7 Å². The Morgan fingerprint density at radius 1 is 0.663 bits per heavy atom. The van der Waals surface area contributed by atoms with E-state index in [2.05, 4.69) is 58.2 Å². The fourth-order valence-electron chi connectivity index (χ4n) is 10.3. The van der Waals surface area contributed by atoms with Crippen molar-refractivity contribution in [2.24, 2.45) is 34.0 Å². The average Bonchev–Trinajstić information content (AvgIpc) is 1.72. The summed E-state index contributed by atoms with van der Waals surface area (Å²) in [5.41, 5.74) is 18.1. The summed E-state index contributed by atoms with van der Waals surface area (Å²) in [6, 6.07) is 5.55. The van der Waals surface area contributed by atoms with Crippen molar-refractivity contribution in [3.05, 3.63) is 77.4 Å². The molecule has 0 spiro atoms. The van der Waals surface area contributed by atoms with E-state index in [4.69, 9.17) is 17.2 Å². The molecule has 30 nitrogen and oxygen atoms in total.